The molecule has 0 bridgehead atoms. The Morgan fingerprint density at radius 2 is 2.50 bits per heavy atom. The Bertz CT molecular complexity index is 226. The van der Waals surface area contributed by atoms with Crippen LogP contribution < -0.4 is 5.73 Å². The lowest BCUT2D eigenvalue weighted by atomic mass is 9.83. The van der Waals surface area contributed by atoms with Crippen LogP contribution in [-0.2, 0) is 9.53 Å². The van der Waals surface area contributed by atoms with Crippen molar-refractivity contribution >= 4 is 17.5 Å². The highest BCUT2D eigenvalue weighted by Crippen LogP contribution is 2.40. The monoisotopic (exact) mass is 215 g/mol. The van der Waals surface area contributed by atoms with Crippen LogP contribution in [-0.4, -0.2) is 36.0 Å². The fourth-order valence-electron chi connectivity index (χ4n) is 2.33. The molecule has 0 aromatic heterocycles. The van der Waals surface area contributed by atoms with Crippen LogP contribution in [0.5, 0.6) is 0 Å². The summed E-state index contributed by atoms with van der Waals surface area (Å²) in [6, 6.07) is 0. The molecule has 0 radical (unpaired) electrons. The van der Waals surface area contributed by atoms with Crippen molar-refractivity contribution in [3.8, 4) is 0 Å². The van der Waals surface area contributed by atoms with Crippen molar-refractivity contribution in [1.29, 1.82) is 0 Å². The van der Waals surface area contributed by atoms with Crippen LogP contribution in [0.3, 0.4) is 0 Å². The van der Waals surface area contributed by atoms with Crippen molar-refractivity contribution < 1.29 is 9.53 Å². The molecule has 0 aliphatic carbocycles. The van der Waals surface area contributed by atoms with Crippen LogP contribution >= 0.6 is 11.8 Å². The molecule has 3 nitrogen and oxygen atoms in total. The maximum absolute atomic E-state index is 11.5. The molecule has 2 heterocycles. The topological polar surface area (TPSA) is 52.3 Å². The number of thioether (sulfide) groups is 1. The van der Waals surface area contributed by atoms with E-state index >= 15 is 0 Å². The number of carbonyl (C=O) groups excluding carboxylic acids is 1. The van der Waals surface area contributed by atoms with Gasteiger partial charge in [0.25, 0.3) is 0 Å². The van der Waals surface area contributed by atoms with Crippen molar-refractivity contribution in [3.05, 3.63) is 0 Å². The molecule has 2 N–H and O–H groups in total. The predicted molar refractivity (Wildman–Crippen MR) is 57.4 cm³/mol. The first-order chi connectivity index (χ1) is 6.76. The van der Waals surface area contributed by atoms with Crippen LogP contribution in [0.2, 0.25) is 0 Å². The van der Waals surface area contributed by atoms with Crippen LogP contribution in [0.15, 0.2) is 0 Å². The minimum atomic E-state index is 0.0123. The second-order valence-electron chi connectivity index (χ2n) is 4.19. The Kier molecular flexibility index (Phi) is 3.14. The lowest BCUT2D eigenvalue weighted by molar-refractivity contribution is -0.132. The highest BCUT2D eigenvalue weighted by molar-refractivity contribution is 7.99. The van der Waals surface area contributed by atoms with Crippen molar-refractivity contribution in [2.24, 2.45) is 11.7 Å². The van der Waals surface area contributed by atoms with Gasteiger partial charge >= 0.3 is 0 Å². The van der Waals surface area contributed by atoms with Gasteiger partial charge < -0.3 is 10.5 Å². The van der Waals surface area contributed by atoms with Gasteiger partial charge in [-0.05, 0) is 25.0 Å². The molecule has 2 saturated heterocycles. The van der Waals surface area contributed by atoms with Gasteiger partial charge in [0.1, 0.15) is 5.78 Å². The molecule has 0 aromatic rings. The Morgan fingerprint density at radius 3 is 3.14 bits per heavy atom. The fraction of sp³-hybridized carbons (Fsp3) is 0.900. The first-order valence-corrected chi connectivity index (χ1v) is 6.36. The van der Waals surface area contributed by atoms with E-state index in [1.165, 1.54) is 5.75 Å². The van der Waals surface area contributed by atoms with E-state index in [0.29, 0.717) is 0 Å². The second kappa shape index (κ2) is 4.21. The molecule has 2 aliphatic rings. The van der Waals surface area contributed by atoms with Gasteiger partial charge in [0, 0.05) is 18.3 Å². The molecule has 2 aliphatic heterocycles. The Balaban J connectivity index is 1.99. The summed E-state index contributed by atoms with van der Waals surface area (Å²) in [6.45, 7) is 0.921. The summed E-state index contributed by atoms with van der Waals surface area (Å²) in [6.07, 6.45) is 2.87. The van der Waals surface area contributed by atoms with Crippen LogP contribution in [0.1, 0.15) is 19.3 Å². The summed E-state index contributed by atoms with van der Waals surface area (Å²) in [7, 11) is 0. The standard InChI is InChI=1S/C10H17NO2S/c11-6-9(12)8-1-3-13-10(5-8)2-4-14-7-10/h8H,1-7,11H2. The molecule has 0 amide bonds. The molecular formula is C10H17NO2S. The van der Waals surface area contributed by atoms with Gasteiger partial charge in [0.05, 0.1) is 12.1 Å². The van der Waals surface area contributed by atoms with E-state index in [2.05, 4.69) is 0 Å². The third-order valence-corrected chi connectivity index (χ3v) is 4.44. The summed E-state index contributed by atoms with van der Waals surface area (Å²) < 4.78 is 5.84. The number of hydrogen-bond donors (Lipinski definition) is 1. The van der Waals surface area contributed by atoms with E-state index in [9.17, 15) is 4.79 Å². The third kappa shape index (κ3) is 1.97. The second-order valence-corrected chi connectivity index (χ2v) is 5.30. The predicted octanol–water partition coefficient (Wildman–Crippen LogP) is 0.816. The number of rotatable bonds is 2. The van der Waals surface area contributed by atoms with Crippen LogP contribution in [0.4, 0.5) is 0 Å². The van der Waals surface area contributed by atoms with E-state index in [1.807, 2.05) is 11.8 Å². The molecular weight excluding hydrogens is 198 g/mol. The van der Waals surface area contributed by atoms with E-state index in [1.54, 1.807) is 0 Å². The molecule has 0 aromatic carbocycles. The summed E-state index contributed by atoms with van der Waals surface area (Å²) in [5.74, 6) is 2.60. The number of nitrogens with two attached hydrogens (primary N) is 1. The first kappa shape index (κ1) is 10.5. The van der Waals surface area contributed by atoms with Gasteiger partial charge in [-0.25, -0.2) is 0 Å². The van der Waals surface area contributed by atoms with Crippen molar-refractivity contribution in [2.75, 3.05) is 24.7 Å². The van der Waals surface area contributed by atoms with E-state index in [4.69, 9.17) is 10.5 Å². The quantitative estimate of drug-likeness (QED) is 0.741. The Labute approximate surface area is 88.8 Å². The molecule has 2 atom stereocenters. The molecule has 4 heteroatoms. The summed E-state index contributed by atoms with van der Waals surface area (Å²) in [5, 5.41) is 0. The maximum Gasteiger partial charge on any atom is 0.149 e. The number of Topliss-reactive ketones (excluding diaryl/α,β-unsaturated/α-hetero) is 1. The number of ketones is 1. The number of carbonyl (C=O) groups is 1. The molecule has 1 spiro atoms. The smallest absolute Gasteiger partial charge is 0.149 e. The van der Waals surface area contributed by atoms with E-state index in [-0.39, 0.29) is 23.8 Å². The number of ether oxygens (including phenoxy) is 1. The lowest BCUT2D eigenvalue weighted by Gasteiger charge is -2.37. The van der Waals surface area contributed by atoms with Crippen LogP contribution in [0, 0.1) is 5.92 Å². The molecule has 2 unspecified atom stereocenters. The molecule has 80 valence electrons. The lowest BCUT2D eigenvalue weighted by Crippen LogP contribution is -2.43. The summed E-state index contributed by atoms with van der Waals surface area (Å²) in [5.41, 5.74) is 5.41. The first-order valence-electron chi connectivity index (χ1n) is 5.20. The normalized spacial score (nSPS) is 37.6. The molecule has 2 fully saturated rings. The zero-order valence-electron chi connectivity index (χ0n) is 8.33. The van der Waals surface area contributed by atoms with Gasteiger partial charge in [-0.3, -0.25) is 4.79 Å². The summed E-state index contributed by atoms with van der Waals surface area (Å²) in [4.78, 5) is 11.5. The number of hydrogen-bond acceptors (Lipinski definition) is 4. The SMILES string of the molecule is NCC(=O)C1CCOC2(CCSC2)C1. The highest BCUT2D eigenvalue weighted by atomic mass is 32.2. The zero-order chi connectivity index (χ0) is 10.0. The maximum atomic E-state index is 11.5. The molecule has 2 rings (SSSR count). The van der Waals surface area contributed by atoms with E-state index < -0.39 is 0 Å². The van der Waals surface area contributed by atoms with Gasteiger partial charge in [0.2, 0.25) is 0 Å². The van der Waals surface area contributed by atoms with Crippen molar-refractivity contribution in [2.45, 2.75) is 24.9 Å². The van der Waals surface area contributed by atoms with Gasteiger partial charge in [-0.1, -0.05) is 0 Å². The van der Waals surface area contributed by atoms with Crippen LogP contribution in [0.25, 0.3) is 0 Å². The van der Waals surface area contributed by atoms with Gasteiger partial charge in [0.15, 0.2) is 0 Å². The van der Waals surface area contributed by atoms with Crippen molar-refractivity contribution in [1.82, 2.24) is 0 Å². The van der Waals surface area contributed by atoms with Gasteiger partial charge in [-0.15, -0.1) is 0 Å². The zero-order valence-corrected chi connectivity index (χ0v) is 9.15. The summed E-state index contributed by atoms with van der Waals surface area (Å²) >= 11 is 1.93. The Hall–Kier alpha value is -0.0600. The van der Waals surface area contributed by atoms with Crippen molar-refractivity contribution in [3.63, 3.8) is 0 Å². The molecule has 0 saturated carbocycles. The minimum absolute atomic E-state index is 0.0123. The Morgan fingerprint density at radius 1 is 1.64 bits per heavy atom. The minimum Gasteiger partial charge on any atom is -0.374 e. The van der Waals surface area contributed by atoms with E-state index in [0.717, 1.165) is 31.6 Å². The average Bonchev–Trinajstić information content (AvgIpc) is 2.65. The van der Waals surface area contributed by atoms with Gasteiger partial charge in [-0.2, -0.15) is 11.8 Å². The third-order valence-electron chi connectivity index (χ3n) is 3.22. The highest BCUT2D eigenvalue weighted by Gasteiger charge is 2.41. The average molecular weight is 215 g/mol. The fourth-order valence-corrected chi connectivity index (χ4v) is 3.71. The molecule has 14 heavy (non-hydrogen) atoms. The largest absolute Gasteiger partial charge is 0.374 e.